The maximum atomic E-state index is 13.0. The van der Waals surface area contributed by atoms with Crippen LogP contribution in [0, 0.1) is 6.92 Å². The van der Waals surface area contributed by atoms with Gasteiger partial charge in [0.2, 0.25) is 0 Å². The summed E-state index contributed by atoms with van der Waals surface area (Å²) in [7, 11) is 0. The highest BCUT2D eigenvalue weighted by molar-refractivity contribution is 6.32. The average Bonchev–Trinajstić information content (AvgIpc) is 3.13. The Morgan fingerprint density at radius 3 is 2.58 bits per heavy atom. The molecule has 0 aliphatic rings. The fraction of sp³-hybridized carbons (Fsp3) is 0.0800. The van der Waals surface area contributed by atoms with Gasteiger partial charge in [-0.15, -0.1) is 0 Å². The van der Waals surface area contributed by atoms with Crippen molar-refractivity contribution in [1.29, 1.82) is 0 Å². The molecule has 5 aromatic rings. The topological polar surface area (TPSA) is 65.1 Å². The average molecular weight is 469 g/mol. The monoisotopic (exact) mass is 468 g/mol. The minimum Gasteiger partial charge on any atom is -0.507 e. The SMILES string of the molecule is Cc1c(O)c(C(=O)Nc2cccc(C(F)(F)F)c2)cc2ccc3c4cc(Cl)ccc4[nH]c3c12. The Kier molecular flexibility index (Phi) is 4.76. The summed E-state index contributed by atoms with van der Waals surface area (Å²) in [6, 6.07) is 15.1. The van der Waals surface area contributed by atoms with Crippen LogP contribution >= 0.6 is 11.6 Å². The molecule has 4 aromatic carbocycles. The summed E-state index contributed by atoms with van der Waals surface area (Å²) in [5, 5.41) is 17.2. The quantitative estimate of drug-likeness (QED) is 0.252. The number of carbonyl (C=O) groups excluding carboxylic acids is 1. The van der Waals surface area contributed by atoms with Gasteiger partial charge in [0.1, 0.15) is 5.75 Å². The molecule has 1 aromatic heterocycles. The smallest absolute Gasteiger partial charge is 0.416 e. The number of hydrogen-bond donors (Lipinski definition) is 3. The number of nitrogens with one attached hydrogen (secondary N) is 2. The van der Waals surface area contributed by atoms with Crippen LogP contribution in [0.4, 0.5) is 18.9 Å². The molecule has 0 fully saturated rings. The molecule has 0 aliphatic carbocycles. The van der Waals surface area contributed by atoms with Crippen molar-refractivity contribution in [2.75, 3.05) is 5.32 Å². The van der Waals surface area contributed by atoms with Crippen LogP contribution in [0.5, 0.6) is 5.75 Å². The zero-order valence-electron chi connectivity index (χ0n) is 17.1. The summed E-state index contributed by atoms with van der Waals surface area (Å²) in [4.78, 5) is 16.2. The Morgan fingerprint density at radius 1 is 1.03 bits per heavy atom. The first-order chi connectivity index (χ1) is 15.6. The van der Waals surface area contributed by atoms with E-state index >= 15 is 0 Å². The summed E-state index contributed by atoms with van der Waals surface area (Å²) in [5.41, 5.74) is 1.23. The Balaban J connectivity index is 1.61. The van der Waals surface area contributed by atoms with Gasteiger partial charge in [0.15, 0.2) is 0 Å². The lowest BCUT2D eigenvalue weighted by atomic mass is 9.97. The molecule has 0 atom stereocenters. The Bertz CT molecular complexity index is 1590. The predicted octanol–water partition coefficient (Wildman–Crippen LogP) is 7.41. The van der Waals surface area contributed by atoms with Crippen molar-refractivity contribution in [2.45, 2.75) is 13.1 Å². The first kappa shape index (κ1) is 21.2. The Morgan fingerprint density at radius 2 is 1.82 bits per heavy atom. The number of rotatable bonds is 2. The number of hydrogen-bond acceptors (Lipinski definition) is 2. The first-order valence-corrected chi connectivity index (χ1v) is 10.4. The molecular weight excluding hydrogens is 453 g/mol. The van der Waals surface area contributed by atoms with Crippen LogP contribution in [-0.4, -0.2) is 16.0 Å². The molecule has 4 nitrogen and oxygen atoms in total. The van der Waals surface area contributed by atoms with Gasteiger partial charge in [0, 0.05) is 37.9 Å². The van der Waals surface area contributed by atoms with Crippen LogP contribution in [0.15, 0.2) is 60.7 Å². The molecule has 1 heterocycles. The van der Waals surface area contributed by atoms with E-state index in [-0.39, 0.29) is 17.0 Å². The zero-order valence-corrected chi connectivity index (χ0v) is 17.9. The molecule has 3 N–H and O–H groups in total. The summed E-state index contributed by atoms with van der Waals surface area (Å²) >= 11 is 6.15. The number of anilines is 1. The molecule has 166 valence electrons. The van der Waals surface area contributed by atoms with E-state index in [1.165, 1.54) is 18.2 Å². The summed E-state index contributed by atoms with van der Waals surface area (Å²) in [5.74, 6) is -0.948. The molecule has 0 radical (unpaired) electrons. The number of carbonyl (C=O) groups is 1. The molecule has 8 heteroatoms. The molecule has 0 aliphatic heterocycles. The third-order valence-electron chi connectivity index (χ3n) is 5.75. The van der Waals surface area contributed by atoms with Crippen LogP contribution < -0.4 is 5.32 Å². The third kappa shape index (κ3) is 3.54. The molecule has 0 unspecified atom stereocenters. The molecule has 0 bridgehead atoms. The second-order valence-electron chi connectivity index (χ2n) is 7.83. The van der Waals surface area contributed by atoms with Gasteiger partial charge in [-0.25, -0.2) is 0 Å². The molecule has 33 heavy (non-hydrogen) atoms. The number of aromatic hydroxyl groups is 1. The fourth-order valence-electron chi connectivity index (χ4n) is 4.17. The third-order valence-corrected chi connectivity index (χ3v) is 5.98. The van der Waals surface area contributed by atoms with Crippen LogP contribution in [-0.2, 0) is 6.18 Å². The van der Waals surface area contributed by atoms with E-state index in [9.17, 15) is 23.1 Å². The van der Waals surface area contributed by atoms with Crippen molar-refractivity contribution in [1.82, 2.24) is 4.98 Å². The Labute approximate surface area is 190 Å². The second-order valence-corrected chi connectivity index (χ2v) is 8.27. The summed E-state index contributed by atoms with van der Waals surface area (Å²) in [6.07, 6.45) is -4.53. The predicted molar refractivity (Wildman–Crippen MR) is 124 cm³/mol. The highest BCUT2D eigenvalue weighted by Gasteiger charge is 2.30. The number of amides is 1. The lowest BCUT2D eigenvalue weighted by Gasteiger charge is -2.13. The minimum absolute atomic E-state index is 0.0186. The van der Waals surface area contributed by atoms with Gasteiger partial charge in [-0.1, -0.05) is 29.8 Å². The van der Waals surface area contributed by atoms with Crippen molar-refractivity contribution in [3.63, 3.8) is 0 Å². The van der Waals surface area contributed by atoms with Crippen molar-refractivity contribution in [3.05, 3.63) is 82.4 Å². The van der Waals surface area contributed by atoms with Crippen LogP contribution in [0.25, 0.3) is 32.6 Å². The van der Waals surface area contributed by atoms with E-state index in [4.69, 9.17) is 11.6 Å². The van der Waals surface area contributed by atoms with Gasteiger partial charge < -0.3 is 15.4 Å². The largest absolute Gasteiger partial charge is 0.507 e. The van der Waals surface area contributed by atoms with Gasteiger partial charge in [0.05, 0.1) is 16.6 Å². The van der Waals surface area contributed by atoms with Gasteiger partial charge >= 0.3 is 6.18 Å². The van der Waals surface area contributed by atoms with Gasteiger partial charge in [-0.3, -0.25) is 4.79 Å². The number of aromatic amines is 1. The van der Waals surface area contributed by atoms with E-state index in [1.54, 1.807) is 13.0 Å². The molecule has 0 spiro atoms. The lowest BCUT2D eigenvalue weighted by Crippen LogP contribution is -2.14. The lowest BCUT2D eigenvalue weighted by molar-refractivity contribution is -0.137. The number of alkyl halides is 3. The number of benzene rings is 4. The number of aryl methyl sites for hydroxylation is 1. The van der Waals surface area contributed by atoms with E-state index < -0.39 is 17.6 Å². The van der Waals surface area contributed by atoms with E-state index in [1.807, 2.05) is 24.3 Å². The maximum Gasteiger partial charge on any atom is 0.416 e. The number of aromatic nitrogens is 1. The van der Waals surface area contributed by atoms with Gasteiger partial charge in [-0.05, 0) is 54.8 Å². The van der Waals surface area contributed by atoms with Gasteiger partial charge in [-0.2, -0.15) is 13.2 Å². The van der Waals surface area contributed by atoms with E-state index in [0.29, 0.717) is 16.0 Å². The van der Waals surface area contributed by atoms with Gasteiger partial charge in [0.25, 0.3) is 5.91 Å². The summed E-state index contributed by atoms with van der Waals surface area (Å²) < 4.78 is 39.0. The van der Waals surface area contributed by atoms with E-state index in [0.717, 1.165) is 39.3 Å². The zero-order chi connectivity index (χ0) is 23.5. The molecule has 1 amide bonds. The summed E-state index contributed by atoms with van der Waals surface area (Å²) in [6.45, 7) is 1.69. The fourth-order valence-corrected chi connectivity index (χ4v) is 4.34. The molecule has 0 saturated heterocycles. The second kappa shape index (κ2) is 7.42. The number of H-pyrrole nitrogens is 1. The van der Waals surface area contributed by atoms with Crippen LogP contribution in [0.2, 0.25) is 5.02 Å². The van der Waals surface area contributed by atoms with Crippen molar-refractivity contribution < 1.29 is 23.1 Å². The highest BCUT2D eigenvalue weighted by atomic mass is 35.5. The number of halogens is 4. The maximum absolute atomic E-state index is 13.0. The normalized spacial score (nSPS) is 12.0. The Hall–Kier alpha value is -3.71. The van der Waals surface area contributed by atoms with Crippen molar-refractivity contribution in [3.8, 4) is 5.75 Å². The molecule has 0 saturated carbocycles. The van der Waals surface area contributed by atoms with Crippen molar-refractivity contribution >= 4 is 55.8 Å². The highest BCUT2D eigenvalue weighted by Crippen LogP contribution is 2.38. The number of phenols is 1. The minimum atomic E-state index is -4.53. The first-order valence-electron chi connectivity index (χ1n) is 9.98. The van der Waals surface area contributed by atoms with E-state index in [2.05, 4.69) is 10.3 Å². The van der Waals surface area contributed by atoms with Crippen molar-refractivity contribution in [2.24, 2.45) is 0 Å². The number of phenolic OH excluding ortho intramolecular Hbond substituents is 1. The van der Waals surface area contributed by atoms with Crippen LogP contribution in [0.3, 0.4) is 0 Å². The standard InChI is InChI=1S/C25H16ClF3N2O2/c1-12-21-13(5-7-17-18-11-15(26)6-8-20(18)31-22(17)21)9-19(23(12)32)24(33)30-16-4-2-3-14(10-16)25(27,28)29/h2-11,31-32H,1H3,(H,30,33). The number of fused-ring (bicyclic) bond motifs is 5. The molecule has 5 rings (SSSR count). The van der Waals surface area contributed by atoms with Crippen LogP contribution in [0.1, 0.15) is 21.5 Å². The molecular formula is C25H16ClF3N2O2.